The molecular formula is C15H25N3O4. The minimum Gasteiger partial charge on any atom is -0.461 e. The second-order valence-corrected chi connectivity index (χ2v) is 6.07. The molecule has 1 aromatic heterocycles. The smallest absolute Gasteiger partial charge is 0.407 e. The molecule has 1 rings (SSSR count). The van der Waals surface area contributed by atoms with E-state index in [1.54, 1.807) is 45.5 Å². The van der Waals surface area contributed by atoms with E-state index in [9.17, 15) is 9.59 Å². The summed E-state index contributed by atoms with van der Waals surface area (Å²) >= 11 is 0. The van der Waals surface area contributed by atoms with Crippen LogP contribution in [0, 0.1) is 6.92 Å². The molecule has 124 valence electrons. The molecule has 7 heteroatoms. The Kier molecular flexibility index (Phi) is 5.96. The number of amides is 1. The van der Waals surface area contributed by atoms with Crippen LogP contribution in [0.1, 0.15) is 56.7 Å². The van der Waals surface area contributed by atoms with Gasteiger partial charge < -0.3 is 14.8 Å². The molecule has 0 aliphatic carbocycles. The highest BCUT2D eigenvalue weighted by atomic mass is 16.6. The van der Waals surface area contributed by atoms with Gasteiger partial charge in [0.15, 0.2) is 0 Å². The molecule has 1 aromatic rings. The molecule has 0 bridgehead atoms. The van der Waals surface area contributed by atoms with Gasteiger partial charge in [0, 0.05) is 12.1 Å². The van der Waals surface area contributed by atoms with Crippen molar-refractivity contribution in [3.8, 4) is 0 Å². The van der Waals surface area contributed by atoms with Crippen LogP contribution >= 0.6 is 0 Å². The first-order chi connectivity index (χ1) is 10.2. The van der Waals surface area contributed by atoms with Crippen molar-refractivity contribution in [2.45, 2.75) is 53.2 Å². The number of hydrogen-bond acceptors (Lipinski definition) is 5. The summed E-state index contributed by atoms with van der Waals surface area (Å²) in [6.45, 7) is 11.4. The van der Waals surface area contributed by atoms with Gasteiger partial charge in [-0.2, -0.15) is 5.10 Å². The molecular weight excluding hydrogens is 286 g/mol. The van der Waals surface area contributed by atoms with Gasteiger partial charge in [0.1, 0.15) is 11.3 Å². The zero-order valence-electron chi connectivity index (χ0n) is 14.1. The molecule has 0 aliphatic heterocycles. The summed E-state index contributed by atoms with van der Waals surface area (Å²) < 4.78 is 11.8. The van der Waals surface area contributed by atoms with E-state index in [-0.39, 0.29) is 6.04 Å². The summed E-state index contributed by atoms with van der Waals surface area (Å²) in [5, 5.41) is 6.87. The molecule has 0 spiro atoms. The van der Waals surface area contributed by atoms with E-state index < -0.39 is 17.7 Å². The summed E-state index contributed by atoms with van der Waals surface area (Å²) in [5.74, 6) is -0.415. The monoisotopic (exact) mass is 311 g/mol. The molecule has 0 aliphatic rings. The number of aromatic nitrogens is 2. The quantitative estimate of drug-likeness (QED) is 0.845. The van der Waals surface area contributed by atoms with E-state index >= 15 is 0 Å². The number of carbonyl (C=O) groups excluding carboxylic acids is 2. The van der Waals surface area contributed by atoms with E-state index in [1.807, 2.05) is 6.92 Å². The van der Waals surface area contributed by atoms with Gasteiger partial charge in [0.2, 0.25) is 0 Å². The summed E-state index contributed by atoms with van der Waals surface area (Å²) in [7, 11) is 0. The molecule has 1 unspecified atom stereocenters. The number of nitrogens with zero attached hydrogens (tertiary/aromatic N) is 2. The summed E-state index contributed by atoms with van der Waals surface area (Å²) in [5.41, 5.74) is 0.592. The SMILES string of the molecule is CCOC(=O)c1c(C)cnn1C(C)CNC(=O)OC(C)(C)C. The number of esters is 1. The molecule has 0 fully saturated rings. The number of carbonyl (C=O) groups is 2. The van der Waals surface area contributed by atoms with Gasteiger partial charge in [-0.3, -0.25) is 4.68 Å². The first kappa shape index (κ1) is 18.0. The molecule has 22 heavy (non-hydrogen) atoms. The van der Waals surface area contributed by atoms with Gasteiger partial charge in [-0.05, 0) is 41.5 Å². The number of rotatable bonds is 5. The van der Waals surface area contributed by atoms with Gasteiger partial charge in [0.05, 0.1) is 18.8 Å². The van der Waals surface area contributed by atoms with Crippen molar-refractivity contribution < 1.29 is 19.1 Å². The Hall–Kier alpha value is -2.05. The maximum absolute atomic E-state index is 12.0. The van der Waals surface area contributed by atoms with Crippen LogP contribution in [0.15, 0.2) is 6.20 Å². The standard InChI is InChI=1S/C15H25N3O4/c1-7-21-13(19)12-10(2)8-17-18(12)11(3)9-16-14(20)22-15(4,5)6/h8,11H,7,9H2,1-6H3,(H,16,20). The predicted molar refractivity (Wildman–Crippen MR) is 81.9 cm³/mol. The first-order valence-corrected chi connectivity index (χ1v) is 7.33. The summed E-state index contributed by atoms with van der Waals surface area (Å²) in [6, 6.07) is -0.208. The highest BCUT2D eigenvalue weighted by Gasteiger charge is 2.22. The minimum atomic E-state index is -0.550. The fraction of sp³-hybridized carbons (Fsp3) is 0.667. The van der Waals surface area contributed by atoms with Gasteiger partial charge >= 0.3 is 12.1 Å². The van der Waals surface area contributed by atoms with Crippen LogP contribution < -0.4 is 5.32 Å². The van der Waals surface area contributed by atoms with Crippen LogP contribution in [0.4, 0.5) is 4.79 Å². The van der Waals surface area contributed by atoms with Crippen molar-refractivity contribution in [2.75, 3.05) is 13.2 Å². The number of aryl methyl sites for hydroxylation is 1. The van der Waals surface area contributed by atoms with Crippen molar-refractivity contribution in [3.05, 3.63) is 17.5 Å². The normalized spacial score (nSPS) is 12.6. The lowest BCUT2D eigenvalue weighted by atomic mass is 10.2. The highest BCUT2D eigenvalue weighted by molar-refractivity contribution is 5.89. The Labute approximate surface area is 131 Å². The van der Waals surface area contributed by atoms with Crippen LogP contribution in [0.5, 0.6) is 0 Å². The zero-order valence-corrected chi connectivity index (χ0v) is 14.1. The second-order valence-electron chi connectivity index (χ2n) is 6.07. The van der Waals surface area contributed by atoms with Gasteiger partial charge in [0.25, 0.3) is 0 Å². The zero-order chi connectivity index (χ0) is 16.9. The number of ether oxygens (including phenoxy) is 2. The average Bonchev–Trinajstić information content (AvgIpc) is 2.76. The van der Waals surface area contributed by atoms with E-state index in [4.69, 9.17) is 9.47 Å². The van der Waals surface area contributed by atoms with Gasteiger partial charge in [-0.1, -0.05) is 0 Å². The molecule has 7 nitrogen and oxygen atoms in total. The summed E-state index contributed by atoms with van der Waals surface area (Å²) in [6.07, 6.45) is 1.11. The van der Waals surface area contributed by atoms with Crippen molar-refractivity contribution >= 4 is 12.1 Å². The topological polar surface area (TPSA) is 82.5 Å². The van der Waals surface area contributed by atoms with Crippen molar-refractivity contribution in [3.63, 3.8) is 0 Å². The Balaban J connectivity index is 2.72. The highest BCUT2D eigenvalue weighted by Crippen LogP contribution is 2.15. The minimum absolute atomic E-state index is 0.208. The third-order valence-corrected chi connectivity index (χ3v) is 2.81. The van der Waals surface area contributed by atoms with Crippen LogP contribution in [-0.4, -0.2) is 40.6 Å². The van der Waals surface area contributed by atoms with Crippen molar-refractivity contribution in [2.24, 2.45) is 0 Å². The van der Waals surface area contributed by atoms with Crippen LogP contribution in [0.3, 0.4) is 0 Å². The average molecular weight is 311 g/mol. The maximum Gasteiger partial charge on any atom is 0.407 e. The van der Waals surface area contributed by atoms with Crippen molar-refractivity contribution in [1.82, 2.24) is 15.1 Å². The number of hydrogen-bond donors (Lipinski definition) is 1. The fourth-order valence-electron chi connectivity index (χ4n) is 1.87. The molecule has 0 radical (unpaired) electrons. The Morgan fingerprint density at radius 2 is 2.05 bits per heavy atom. The maximum atomic E-state index is 12.0. The fourth-order valence-corrected chi connectivity index (χ4v) is 1.87. The lowest BCUT2D eigenvalue weighted by molar-refractivity contribution is 0.0507. The van der Waals surface area contributed by atoms with Gasteiger partial charge in [-0.25, -0.2) is 9.59 Å². The molecule has 1 atom stereocenters. The Bertz CT molecular complexity index is 531. The number of alkyl carbamates (subject to hydrolysis) is 1. The summed E-state index contributed by atoms with van der Waals surface area (Å²) in [4.78, 5) is 23.6. The van der Waals surface area contributed by atoms with Crippen LogP contribution in [-0.2, 0) is 9.47 Å². The van der Waals surface area contributed by atoms with E-state index in [2.05, 4.69) is 10.4 Å². The van der Waals surface area contributed by atoms with E-state index in [0.717, 1.165) is 5.56 Å². The molecule has 0 saturated carbocycles. The predicted octanol–water partition coefficient (Wildman–Crippen LogP) is 2.45. The lowest BCUT2D eigenvalue weighted by Crippen LogP contribution is -2.36. The largest absolute Gasteiger partial charge is 0.461 e. The Morgan fingerprint density at radius 3 is 2.59 bits per heavy atom. The van der Waals surface area contributed by atoms with Crippen molar-refractivity contribution in [1.29, 1.82) is 0 Å². The lowest BCUT2D eigenvalue weighted by Gasteiger charge is -2.21. The molecule has 0 aromatic carbocycles. The Morgan fingerprint density at radius 1 is 1.41 bits per heavy atom. The van der Waals surface area contributed by atoms with Gasteiger partial charge in [-0.15, -0.1) is 0 Å². The molecule has 1 amide bonds. The molecule has 1 heterocycles. The molecule has 1 N–H and O–H groups in total. The second kappa shape index (κ2) is 7.29. The molecule has 0 saturated heterocycles. The first-order valence-electron chi connectivity index (χ1n) is 7.33. The third-order valence-electron chi connectivity index (χ3n) is 2.81. The van der Waals surface area contributed by atoms with Crippen LogP contribution in [0.2, 0.25) is 0 Å². The van der Waals surface area contributed by atoms with Crippen LogP contribution in [0.25, 0.3) is 0 Å². The van der Waals surface area contributed by atoms with E-state index in [1.165, 1.54) is 0 Å². The number of nitrogens with one attached hydrogen (secondary N) is 1. The third kappa shape index (κ3) is 5.05. The van der Waals surface area contributed by atoms with E-state index in [0.29, 0.717) is 18.8 Å².